The Balaban J connectivity index is 0.000000968. The van der Waals surface area contributed by atoms with Crippen molar-refractivity contribution in [3.8, 4) is 0 Å². The maximum Gasteiger partial charge on any atom is 0.0417 e. The van der Waals surface area contributed by atoms with Gasteiger partial charge in [-0.15, -0.1) is 0 Å². The second-order valence-corrected chi connectivity index (χ2v) is 9.54. The van der Waals surface area contributed by atoms with E-state index in [1.165, 1.54) is 41.1 Å². The lowest BCUT2D eigenvalue weighted by molar-refractivity contribution is 0.365. The van der Waals surface area contributed by atoms with Gasteiger partial charge in [0.25, 0.3) is 0 Å². The molecule has 0 aliphatic heterocycles. The third kappa shape index (κ3) is 5.08. The van der Waals surface area contributed by atoms with Gasteiger partial charge in [-0.3, -0.25) is 4.99 Å². The van der Waals surface area contributed by atoms with Gasteiger partial charge in [-0.05, 0) is 55.2 Å². The van der Waals surface area contributed by atoms with Crippen LogP contribution in [-0.4, -0.2) is 25.2 Å². The molecule has 0 aromatic carbocycles. The van der Waals surface area contributed by atoms with Crippen molar-refractivity contribution >= 4 is 6.21 Å². The Morgan fingerprint density at radius 3 is 2.70 bits per heavy atom. The molecule has 4 atom stereocenters. The van der Waals surface area contributed by atoms with Crippen LogP contribution in [0, 0.1) is 23.2 Å². The fourth-order valence-electron chi connectivity index (χ4n) is 5.21. The molecule has 176 valence electrons. The molecule has 4 aliphatic carbocycles. The van der Waals surface area contributed by atoms with Gasteiger partial charge >= 0.3 is 0 Å². The SMILES string of the molecule is C=C/C=C\N(C)C1=CC=C(NC2=CC=CC3C2=CCC3(C)/C(C=NC)=C/C)C2CC12.CCC. The molecule has 3 nitrogen and oxygen atoms in total. The first kappa shape index (κ1) is 24.8. The predicted octanol–water partition coefficient (Wildman–Crippen LogP) is 7.09. The van der Waals surface area contributed by atoms with Gasteiger partial charge in [-0.1, -0.05) is 64.2 Å². The molecular formula is C30H41N3. The third-order valence-electron chi connectivity index (χ3n) is 7.02. The molecule has 1 fully saturated rings. The van der Waals surface area contributed by atoms with Gasteiger partial charge in [0.2, 0.25) is 0 Å². The Kier molecular flexibility index (Phi) is 8.18. The van der Waals surface area contributed by atoms with Crippen molar-refractivity contribution in [3.63, 3.8) is 0 Å². The fraction of sp³-hybridized carbons (Fsp3) is 0.433. The van der Waals surface area contributed by atoms with Crippen LogP contribution in [0.1, 0.15) is 47.0 Å². The van der Waals surface area contributed by atoms with Crippen LogP contribution >= 0.6 is 0 Å². The molecule has 0 radical (unpaired) electrons. The smallest absolute Gasteiger partial charge is 0.0417 e. The van der Waals surface area contributed by atoms with Gasteiger partial charge in [-0.25, -0.2) is 0 Å². The van der Waals surface area contributed by atoms with E-state index in [0.29, 0.717) is 17.8 Å². The summed E-state index contributed by atoms with van der Waals surface area (Å²) in [5.74, 6) is 1.60. The summed E-state index contributed by atoms with van der Waals surface area (Å²) in [6.45, 7) is 12.5. The summed E-state index contributed by atoms with van der Waals surface area (Å²) in [7, 11) is 3.98. The summed E-state index contributed by atoms with van der Waals surface area (Å²) in [6.07, 6.45) is 27.4. The zero-order valence-electron chi connectivity index (χ0n) is 21.3. The van der Waals surface area contributed by atoms with Crippen molar-refractivity contribution in [2.24, 2.45) is 28.2 Å². The van der Waals surface area contributed by atoms with E-state index >= 15 is 0 Å². The molecule has 1 N–H and O–H groups in total. The van der Waals surface area contributed by atoms with E-state index in [4.69, 9.17) is 0 Å². The number of nitrogens with one attached hydrogen (secondary N) is 1. The fourth-order valence-corrected chi connectivity index (χ4v) is 5.21. The average molecular weight is 444 g/mol. The molecular weight excluding hydrogens is 402 g/mol. The Morgan fingerprint density at radius 2 is 2.03 bits per heavy atom. The van der Waals surface area contributed by atoms with Crippen LogP contribution in [0.2, 0.25) is 0 Å². The summed E-state index contributed by atoms with van der Waals surface area (Å²) >= 11 is 0. The lowest BCUT2D eigenvalue weighted by atomic mass is 9.70. The van der Waals surface area contributed by atoms with E-state index in [9.17, 15) is 0 Å². The number of aliphatic imine (C=N–C) groups is 1. The van der Waals surface area contributed by atoms with Crippen molar-refractivity contribution in [3.05, 3.63) is 95.7 Å². The van der Waals surface area contributed by atoms with Crippen molar-refractivity contribution < 1.29 is 0 Å². The molecule has 4 rings (SSSR count). The number of rotatable bonds is 7. The lowest BCUT2D eigenvalue weighted by Gasteiger charge is -2.35. The number of allylic oxidation sites excluding steroid dienone is 13. The van der Waals surface area contributed by atoms with Crippen LogP contribution in [0.25, 0.3) is 0 Å². The lowest BCUT2D eigenvalue weighted by Crippen LogP contribution is -2.30. The third-order valence-corrected chi connectivity index (χ3v) is 7.02. The first-order chi connectivity index (χ1) is 15.9. The minimum absolute atomic E-state index is 0.0671. The summed E-state index contributed by atoms with van der Waals surface area (Å²) in [6, 6.07) is 0. The molecule has 4 aliphatic rings. The number of hydrogen-bond acceptors (Lipinski definition) is 3. The summed E-state index contributed by atoms with van der Waals surface area (Å²) in [5.41, 5.74) is 6.79. The normalized spacial score (nSPS) is 29.9. The first-order valence-electron chi connectivity index (χ1n) is 12.3. The Labute approximate surface area is 201 Å². The van der Waals surface area contributed by atoms with Crippen molar-refractivity contribution in [1.29, 1.82) is 0 Å². The Hall–Kier alpha value is -2.81. The van der Waals surface area contributed by atoms with Crippen LogP contribution < -0.4 is 5.32 Å². The standard InChI is InChI=1S/C27H33N3.C3H8/c1-6-8-16-30(5)26-13-12-25(21-17-22(21)26)29-24-11-9-10-23-20(24)14-15-27(23,3)19(7-2)18-28-4;1-3-2/h6-14,16,18,21-23,29H,1,15,17H2,2-5H3;3H2,1-2H3/b16-8-,19-7+,28-18?;. The number of fused-ring (bicyclic) bond motifs is 2. The van der Waals surface area contributed by atoms with Crippen molar-refractivity contribution in [1.82, 2.24) is 10.2 Å². The molecule has 3 heteroatoms. The molecule has 0 saturated heterocycles. The van der Waals surface area contributed by atoms with Gasteiger partial charge in [-0.2, -0.15) is 0 Å². The highest BCUT2D eigenvalue weighted by molar-refractivity contribution is 5.81. The van der Waals surface area contributed by atoms with E-state index in [-0.39, 0.29) is 5.41 Å². The topological polar surface area (TPSA) is 27.6 Å². The molecule has 0 aromatic heterocycles. The minimum Gasteiger partial charge on any atom is -0.358 e. The van der Waals surface area contributed by atoms with Gasteiger partial charge < -0.3 is 10.2 Å². The van der Waals surface area contributed by atoms with Crippen molar-refractivity contribution in [2.75, 3.05) is 14.1 Å². The highest BCUT2D eigenvalue weighted by Crippen LogP contribution is 2.54. The second-order valence-electron chi connectivity index (χ2n) is 9.54. The average Bonchev–Trinajstić information content (AvgIpc) is 3.54. The van der Waals surface area contributed by atoms with Crippen LogP contribution in [0.3, 0.4) is 0 Å². The van der Waals surface area contributed by atoms with Gasteiger partial charge in [0, 0.05) is 66.8 Å². The Bertz CT molecular complexity index is 982. The quantitative estimate of drug-likeness (QED) is 0.336. The predicted molar refractivity (Wildman–Crippen MR) is 144 cm³/mol. The minimum atomic E-state index is 0.0671. The van der Waals surface area contributed by atoms with Crippen LogP contribution in [0.4, 0.5) is 0 Å². The molecule has 33 heavy (non-hydrogen) atoms. The first-order valence-corrected chi connectivity index (χ1v) is 12.3. The molecule has 0 aromatic rings. The summed E-state index contributed by atoms with van der Waals surface area (Å²) in [4.78, 5) is 6.52. The van der Waals surface area contributed by atoms with Crippen LogP contribution in [0.15, 0.2) is 101 Å². The molecule has 0 bridgehead atoms. The highest BCUT2D eigenvalue weighted by atomic mass is 15.1. The van der Waals surface area contributed by atoms with Gasteiger partial charge in [0.1, 0.15) is 0 Å². The van der Waals surface area contributed by atoms with Gasteiger partial charge in [0.05, 0.1) is 0 Å². The van der Waals surface area contributed by atoms with Crippen LogP contribution in [0.5, 0.6) is 0 Å². The van der Waals surface area contributed by atoms with E-state index in [2.05, 4.69) is 105 Å². The summed E-state index contributed by atoms with van der Waals surface area (Å²) in [5, 5.41) is 3.80. The second kappa shape index (κ2) is 10.9. The molecule has 0 heterocycles. The highest BCUT2D eigenvalue weighted by Gasteiger charge is 2.47. The van der Waals surface area contributed by atoms with E-state index in [0.717, 1.165) is 6.42 Å². The maximum absolute atomic E-state index is 4.30. The maximum atomic E-state index is 4.30. The zero-order chi connectivity index (χ0) is 24.0. The zero-order valence-corrected chi connectivity index (χ0v) is 21.3. The van der Waals surface area contributed by atoms with Crippen molar-refractivity contribution in [2.45, 2.75) is 47.0 Å². The number of nitrogens with zero attached hydrogens (tertiary/aromatic N) is 2. The molecule has 1 saturated carbocycles. The van der Waals surface area contributed by atoms with Crippen LogP contribution in [-0.2, 0) is 0 Å². The molecule has 0 spiro atoms. The summed E-state index contributed by atoms with van der Waals surface area (Å²) < 4.78 is 0. The van der Waals surface area contributed by atoms with E-state index < -0.39 is 0 Å². The number of hydrogen-bond donors (Lipinski definition) is 1. The molecule has 4 unspecified atom stereocenters. The molecule has 0 amide bonds. The van der Waals surface area contributed by atoms with E-state index in [1.54, 1.807) is 0 Å². The van der Waals surface area contributed by atoms with Gasteiger partial charge in [0.15, 0.2) is 0 Å². The monoisotopic (exact) mass is 443 g/mol. The largest absolute Gasteiger partial charge is 0.358 e. The Morgan fingerprint density at radius 1 is 1.27 bits per heavy atom. The van der Waals surface area contributed by atoms with E-state index in [1.807, 2.05) is 25.4 Å².